The van der Waals surface area contributed by atoms with Crippen LogP contribution in [0.4, 0.5) is 0 Å². The maximum absolute atomic E-state index is 6.13. The second kappa shape index (κ2) is 9.18. The van der Waals surface area contributed by atoms with Crippen LogP contribution in [0.3, 0.4) is 0 Å². The molecule has 0 radical (unpaired) electrons. The molecule has 0 amide bonds. The van der Waals surface area contributed by atoms with Crippen molar-refractivity contribution >= 4 is 11.0 Å². The van der Waals surface area contributed by atoms with Crippen molar-refractivity contribution in [3.63, 3.8) is 0 Å². The molecule has 3 aromatic rings. The lowest BCUT2D eigenvalue weighted by atomic mass is 9.82. The van der Waals surface area contributed by atoms with E-state index in [-0.39, 0.29) is 11.5 Å². The van der Waals surface area contributed by atoms with Crippen molar-refractivity contribution in [2.75, 3.05) is 33.9 Å². The first-order valence-electron chi connectivity index (χ1n) is 13.4. The number of rotatable bonds is 5. The highest BCUT2D eigenvalue weighted by Crippen LogP contribution is 2.51. The summed E-state index contributed by atoms with van der Waals surface area (Å²) in [5.41, 5.74) is 4.82. The lowest BCUT2D eigenvalue weighted by molar-refractivity contribution is 0.0855. The minimum Gasteiger partial charge on any atom is -0.497 e. The van der Waals surface area contributed by atoms with Crippen LogP contribution in [0.25, 0.3) is 11.0 Å². The number of fused-ring (bicyclic) bond motifs is 4. The van der Waals surface area contributed by atoms with Crippen LogP contribution >= 0.6 is 0 Å². The Bertz CT molecular complexity index is 1330. The highest BCUT2D eigenvalue weighted by Gasteiger charge is 2.52. The minimum absolute atomic E-state index is 0.0379. The number of para-hydroxylation sites is 1. The van der Waals surface area contributed by atoms with Crippen LogP contribution < -0.4 is 9.47 Å². The number of nitrogens with zero attached hydrogens (tertiary/aromatic N) is 3. The zero-order valence-electron chi connectivity index (χ0n) is 22.4. The maximum atomic E-state index is 6.13. The molecule has 6 heteroatoms. The van der Waals surface area contributed by atoms with Crippen LogP contribution in [0.1, 0.15) is 49.5 Å². The average molecular weight is 500 g/mol. The van der Waals surface area contributed by atoms with Crippen LogP contribution in [-0.2, 0) is 13.1 Å². The van der Waals surface area contributed by atoms with Gasteiger partial charge in [0.25, 0.3) is 0 Å². The van der Waals surface area contributed by atoms with Crippen LogP contribution in [0.2, 0.25) is 0 Å². The van der Waals surface area contributed by atoms with Crippen molar-refractivity contribution in [3.8, 4) is 11.5 Å². The third kappa shape index (κ3) is 3.81. The summed E-state index contributed by atoms with van der Waals surface area (Å²) in [6.07, 6.45) is 4.59. The molecule has 6 nitrogen and oxygen atoms in total. The molecular weight excluding hydrogens is 462 g/mol. The number of ether oxygens (including phenoxy) is 2. The maximum Gasteiger partial charge on any atom is 0.134 e. The summed E-state index contributed by atoms with van der Waals surface area (Å²) < 4.78 is 17.6. The number of allylic oxidation sites excluding steroid dienone is 1. The Morgan fingerprint density at radius 3 is 2.57 bits per heavy atom. The van der Waals surface area contributed by atoms with Gasteiger partial charge in [0.2, 0.25) is 0 Å². The van der Waals surface area contributed by atoms with Crippen LogP contribution in [0.15, 0.2) is 71.1 Å². The molecule has 4 heterocycles. The number of hydrogen-bond acceptors (Lipinski definition) is 6. The van der Waals surface area contributed by atoms with Gasteiger partial charge in [0.15, 0.2) is 0 Å². The van der Waals surface area contributed by atoms with E-state index in [4.69, 9.17) is 13.9 Å². The first kappa shape index (κ1) is 24.0. The third-order valence-electron chi connectivity index (χ3n) is 8.61. The van der Waals surface area contributed by atoms with Gasteiger partial charge in [-0.05, 0) is 43.5 Å². The summed E-state index contributed by atoms with van der Waals surface area (Å²) >= 11 is 0. The topological polar surface area (TPSA) is 41.3 Å². The van der Waals surface area contributed by atoms with Gasteiger partial charge >= 0.3 is 0 Å². The van der Waals surface area contributed by atoms with Crippen LogP contribution in [-0.4, -0.2) is 54.1 Å². The Hall–Kier alpha value is -3.38. The first-order valence-corrected chi connectivity index (χ1v) is 13.4. The summed E-state index contributed by atoms with van der Waals surface area (Å²) in [6.45, 7) is 13.7. The van der Waals surface area contributed by atoms with E-state index in [0.717, 1.165) is 74.2 Å². The quantitative estimate of drug-likeness (QED) is 0.423. The lowest BCUT2D eigenvalue weighted by Crippen LogP contribution is -2.52. The van der Waals surface area contributed by atoms with Gasteiger partial charge in [-0.25, -0.2) is 0 Å². The van der Waals surface area contributed by atoms with Gasteiger partial charge in [-0.2, -0.15) is 0 Å². The zero-order chi connectivity index (χ0) is 25.7. The predicted molar refractivity (Wildman–Crippen MR) is 147 cm³/mol. The fourth-order valence-electron chi connectivity index (χ4n) is 6.85. The van der Waals surface area contributed by atoms with Gasteiger partial charge in [-0.1, -0.05) is 37.8 Å². The molecule has 0 bridgehead atoms. The summed E-state index contributed by atoms with van der Waals surface area (Å²) in [5, 5.41) is 1.18. The van der Waals surface area contributed by atoms with Crippen molar-refractivity contribution in [1.82, 2.24) is 14.7 Å². The van der Waals surface area contributed by atoms with Crippen LogP contribution in [0.5, 0.6) is 11.5 Å². The standard InChI is InChI=1S/C31H37N3O3/c1-6-34-22(3)33-19-24-17-25(35-4)18-28(36-5)30(24)21(2)15-29(33)31(34)11-13-32(14-12-31)20-26-16-23-9-7-8-10-27(23)37-26/h7-10,15-18,21H,3,6,11-14,19-20H2,1-2,4-5H3/t21-/m0/s1. The van der Waals surface area contributed by atoms with Gasteiger partial charge in [0.1, 0.15) is 28.7 Å². The number of furan rings is 1. The van der Waals surface area contributed by atoms with E-state index < -0.39 is 0 Å². The van der Waals surface area contributed by atoms with Crippen LogP contribution in [0, 0.1) is 0 Å². The van der Waals surface area contributed by atoms with E-state index in [1.807, 2.05) is 18.2 Å². The average Bonchev–Trinajstić information content (AvgIpc) is 3.35. The van der Waals surface area contributed by atoms with Gasteiger partial charge in [-0.3, -0.25) is 4.90 Å². The Balaban J connectivity index is 1.29. The van der Waals surface area contributed by atoms with Crippen molar-refractivity contribution in [1.29, 1.82) is 0 Å². The van der Waals surface area contributed by atoms with Gasteiger partial charge in [-0.15, -0.1) is 0 Å². The van der Waals surface area contributed by atoms with Crippen molar-refractivity contribution in [2.24, 2.45) is 0 Å². The number of benzene rings is 2. The van der Waals surface area contributed by atoms with E-state index in [1.54, 1.807) is 14.2 Å². The molecule has 0 N–H and O–H groups in total. The SMILES string of the molecule is C=C1N2Cc3cc(OC)cc(OC)c3[C@@H](C)C=C2C2(CCN(Cc3cc4ccccc4o3)CC2)N1CC. The van der Waals surface area contributed by atoms with Gasteiger partial charge in [0.05, 0.1) is 26.3 Å². The van der Waals surface area contributed by atoms with Crippen molar-refractivity contribution < 1.29 is 13.9 Å². The highest BCUT2D eigenvalue weighted by molar-refractivity contribution is 5.77. The highest BCUT2D eigenvalue weighted by atomic mass is 16.5. The number of piperidine rings is 1. The van der Waals surface area contributed by atoms with E-state index in [9.17, 15) is 0 Å². The van der Waals surface area contributed by atoms with Crippen molar-refractivity contribution in [3.05, 3.63) is 83.5 Å². The zero-order valence-corrected chi connectivity index (χ0v) is 22.4. The Morgan fingerprint density at radius 1 is 1.08 bits per heavy atom. The molecule has 2 saturated heterocycles. The second-order valence-electron chi connectivity index (χ2n) is 10.5. The molecule has 2 aromatic carbocycles. The molecule has 3 aliphatic heterocycles. The fraction of sp³-hybridized carbons (Fsp3) is 0.419. The van der Waals surface area contributed by atoms with E-state index in [1.165, 1.54) is 22.2 Å². The Labute approximate surface area is 219 Å². The summed E-state index contributed by atoms with van der Waals surface area (Å²) in [6, 6.07) is 14.6. The summed E-state index contributed by atoms with van der Waals surface area (Å²) in [7, 11) is 3.46. The molecule has 2 fully saturated rings. The Kier molecular flexibility index (Phi) is 5.95. The lowest BCUT2D eigenvalue weighted by Gasteiger charge is -2.45. The van der Waals surface area contributed by atoms with E-state index >= 15 is 0 Å². The summed E-state index contributed by atoms with van der Waals surface area (Å²) in [4.78, 5) is 7.53. The molecule has 6 rings (SSSR count). The number of methoxy groups -OCH3 is 2. The molecule has 1 aromatic heterocycles. The van der Waals surface area contributed by atoms with Gasteiger partial charge < -0.3 is 23.7 Å². The molecule has 1 atom stereocenters. The third-order valence-corrected chi connectivity index (χ3v) is 8.61. The number of likely N-dealkylation sites (tertiary alicyclic amines) is 1. The molecule has 194 valence electrons. The largest absolute Gasteiger partial charge is 0.497 e. The molecule has 3 aliphatic rings. The molecule has 0 saturated carbocycles. The molecule has 37 heavy (non-hydrogen) atoms. The molecule has 1 spiro atoms. The summed E-state index contributed by atoms with van der Waals surface area (Å²) in [5.74, 6) is 4.09. The second-order valence-corrected chi connectivity index (χ2v) is 10.5. The first-order chi connectivity index (χ1) is 18.0. The smallest absolute Gasteiger partial charge is 0.134 e. The van der Waals surface area contributed by atoms with Gasteiger partial charge in [0, 0.05) is 54.8 Å². The Morgan fingerprint density at radius 2 is 1.86 bits per heavy atom. The number of likely N-dealkylation sites (N-methyl/N-ethyl adjacent to an activating group) is 1. The van der Waals surface area contributed by atoms with E-state index in [2.05, 4.69) is 65.5 Å². The fourth-order valence-corrected chi connectivity index (χ4v) is 6.85. The number of hydrogen-bond donors (Lipinski definition) is 0. The van der Waals surface area contributed by atoms with Crippen molar-refractivity contribution in [2.45, 2.75) is 51.2 Å². The monoisotopic (exact) mass is 499 g/mol. The minimum atomic E-state index is -0.0379. The molecule has 0 unspecified atom stereocenters. The molecule has 0 aliphatic carbocycles. The molecular formula is C31H37N3O3. The van der Waals surface area contributed by atoms with E-state index in [0.29, 0.717) is 0 Å². The predicted octanol–water partition coefficient (Wildman–Crippen LogP) is 6.09. The normalized spacial score (nSPS) is 21.1.